The van der Waals surface area contributed by atoms with E-state index in [0.717, 1.165) is 38.5 Å². The van der Waals surface area contributed by atoms with E-state index in [2.05, 4.69) is 37.0 Å². The lowest BCUT2D eigenvalue weighted by atomic mass is 9.79. The molecule has 0 atom stereocenters. The molecule has 98 valence electrons. The highest BCUT2D eigenvalue weighted by atomic mass is 16.5. The van der Waals surface area contributed by atoms with Gasteiger partial charge in [0.1, 0.15) is 0 Å². The van der Waals surface area contributed by atoms with Crippen molar-refractivity contribution in [3.63, 3.8) is 0 Å². The van der Waals surface area contributed by atoms with Gasteiger partial charge in [-0.2, -0.15) is 0 Å². The molecule has 1 saturated heterocycles. The van der Waals surface area contributed by atoms with Gasteiger partial charge in [-0.25, -0.2) is 0 Å². The summed E-state index contributed by atoms with van der Waals surface area (Å²) in [6.45, 7) is 6.76. The summed E-state index contributed by atoms with van der Waals surface area (Å²) in [5.74, 6) is 0.748. The first kappa shape index (κ1) is 13.1. The molecule has 0 aromatic heterocycles. The largest absolute Gasteiger partial charge is 0.381 e. The molecule has 0 aromatic rings. The molecule has 2 rings (SSSR count). The molecular weight excluding hydrogens is 212 g/mol. The summed E-state index contributed by atoms with van der Waals surface area (Å²) >= 11 is 0. The van der Waals surface area contributed by atoms with Crippen LogP contribution in [0.1, 0.15) is 25.7 Å². The summed E-state index contributed by atoms with van der Waals surface area (Å²) in [6, 6.07) is 0.706. The summed E-state index contributed by atoms with van der Waals surface area (Å²) in [7, 11) is 4.39. The van der Waals surface area contributed by atoms with Crippen LogP contribution in [0.2, 0.25) is 0 Å². The van der Waals surface area contributed by atoms with E-state index in [0.29, 0.717) is 11.6 Å². The molecule has 2 fully saturated rings. The second kappa shape index (κ2) is 5.51. The molecule has 0 unspecified atom stereocenters. The van der Waals surface area contributed by atoms with Gasteiger partial charge in [-0.15, -0.1) is 6.58 Å². The van der Waals surface area contributed by atoms with Crippen molar-refractivity contribution in [2.75, 3.05) is 33.9 Å². The van der Waals surface area contributed by atoms with Crippen LogP contribution in [0.25, 0.3) is 0 Å². The summed E-state index contributed by atoms with van der Waals surface area (Å²) in [6.07, 6.45) is 6.91. The van der Waals surface area contributed by atoms with Gasteiger partial charge in [-0.3, -0.25) is 0 Å². The van der Waals surface area contributed by atoms with E-state index < -0.39 is 0 Å². The monoisotopic (exact) mass is 238 g/mol. The fourth-order valence-electron chi connectivity index (χ4n) is 2.89. The highest BCUT2D eigenvalue weighted by molar-refractivity contribution is 4.98. The maximum absolute atomic E-state index is 5.49. The number of likely N-dealkylation sites (N-methyl/N-ethyl adjacent to an activating group) is 1. The zero-order valence-corrected chi connectivity index (χ0v) is 11.2. The molecule has 0 spiro atoms. The zero-order valence-electron chi connectivity index (χ0n) is 11.2. The van der Waals surface area contributed by atoms with Crippen LogP contribution in [0.4, 0.5) is 0 Å². The van der Waals surface area contributed by atoms with Crippen molar-refractivity contribution >= 4 is 0 Å². The van der Waals surface area contributed by atoms with Crippen LogP contribution in [0.5, 0.6) is 0 Å². The Morgan fingerprint density at radius 1 is 1.35 bits per heavy atom. The minimum absolute atomic E-state index is 0.303. The highest BCUT2D eigenvalue weighted by Crippen LogP contribution is 2.30. The third-order valence-electron chi connectivity index (χ3n) is 4.60. The van der Waals surface area contributed by atoms with E-state index in [1.54, 1.807) is 0 Å². The predicted octanol–water partition coefficient (Wildman–Crippen LogP) is 1.65. The van der Waals surface area contributed by atoms with Crippen molar-refractivity contribution in [3.05, 3.63) is 12.7 Å². The first-order chi connectivity index (χ1) is 8.16. The van der Waals surface area contributed by atoms with Crippen molar-refractivity contribution < 1.29 is 4.74 Å². The first-order valence-corrected chi connectivity index (χ1v) is 6.77. The summed E-state index contributed by atoms with van der Waals surface area (Å²) < 4.78 is 5.49. The van der Waals surface area contributed by atoms with Gasteiger partial charge in [-0.1, -0.05) is 6.08 Å². The Morgan fingerprint density at radius 3 is 2.53 bits per heavy atom. The van der Waals surface area contributed by atoms with E-state index in [4.69, 9.17) is 4.74 Å². The van der Waals surface area contributed by atoms with Crippen LogP contribution in [-0.4, -0.2) is 50.3 Å². The average molecular weight is 238 g/mol. The van der Waals surface area contributed by atoms with Gasteiger partial charge in [0.25, 0.3) is 0 Å². The first-order valence-electron chi connectivity index (χ1n) is 6.77. The van der Waals surface area contributed by atoms with E-state index in [1.165, 1.54) is 12.8 Å². The van der Waals surface area contributed by atoms with Crippen molar-refractivity contribution in [1.29, 1.82) is 0 Å². The lowest BCUT2D eigenvalue weighted by Crippen LogP contribution is -2.57. The number of nitrogens with one attached hydrogen (secondary N) is 1. The lowest BCUT2D eigenvalue weighted by molar-refractivity contribution is -0.0101. The lowest BCUT2D eigenvalue weighted by Gasteiger charge is -2.45. The van der Waals surface area contributed by atoms with Crippen molar-refractivity contribution in [2.45, 2.75) is 37.3 Å². The van der Waals surface area contributed by atoms with Gasteiger partial charge >= 0.3 is 0 Å². The van der Waals surface area contributed by atoms with Crippen molar-refractivity contribution in [3.8, 4) is 0 Å². The van der Waals surface area contributed by atoms with Gasteiger partial charge in [0.05, 0.1) is 0 Å². The standard InChI is InChI=1S/C14H26N2O/c1-4-12-9-13(10-12)15-11-14(16(2)3)5-7-17-8-6-14/h4,12-13,15H,1,5-11H2,2-3H3. The number of rotatable bonds is 5. The number of hydrogen-bond acceptors (Lipinski definition) is 3. The summed E-state index contributed by atoms with van der Waals surface area (Å²) in [5, 5.41) is 3.73. The Kier molecular flexibility index (Phi) is 4.23. The normalized spacial score (nSPS) is 32.2. The van der Waals surface area contributed by atoms with Crippen molar-refractivity contribution in [2.24, 2.45) is 5.92 Å². The van der Waals surface area contributed by atoms with Gasteiger partial charge in [-0.05, 0) is 45.7 Å². The van der Waals surface area contributed by atoms with Crippen LogP contribution in [0.3, 0.4) is 0 Å². The topological polar surface area (TPSA) is 24.5 Å². The predicted molar refractivity (Wildman–Crippen MR) is 71.2 cm³/mol. The molecule has 0 amide bonds. The Hall–Kier alpha value is -0.380. The maximum Gasteiger partial charge on any atom is 0.0484 e. The van der Waals surface area contributed by atoms with Crippen LogP contribution >= 0.6 is 0 Å². The average Bonchev–Trinajstić information content (AvgIpc) is 2.28. The zero-order chi connectivity index (χ0) is 12.3. The third kappa shape index (κ3) is 2.90. The van der Waals surface area contributed by atoms with Crippen LogP contribution in [0.15, 0.2) is 12.7 Å². The van der Waals surface area contributed by atoms with Gasteiger partial charge < -0.3 is 15.0 Å². The van der Waals surface area contributed by atoms with Gasteiger partial charge in [0.2, 0.25) is 0 Å². The van der Waals surface area contributed by atoms with Gasteiger partial charge in [0.15, 0.2) is 0 Å². The Balaban J connectivity index is 1.80. The summed E-state index contributed by atoms with van der Waals surface area (Å²) in [5.41, 5.74) is 0.303. The second-order valence-electron chi connectivity index (χ2n) is 5.78. The molecule has 1 aliphatic carbocycles. The van der Waals surface area contributed by atoms with E-state index in [-0.39, 0.29) is 0 Å². The molecule has 1 aliphatic heterocycles. The molecule has 1 N–H and O–H groups in total. The maximum atomic E-state index is 5.49. The number of hydrogen-bond donors (Lipinski definition) is 1. The molecule has 3 nitrogen and oxygen atoms in total. The molecule has 0 bridgehead atoms. The van der Waals surface area contributed by atoms with E-state index in [1.807, 2.05) is 0 Å². The van der Waals surface area contributed by atoms with Gasteiger partial charge in [0, 0.05) is 31.3 Å². The Labute approximate surface area is 105 Å². The van der Waals surface area contributed by atoms with Crippen LogP contribution < -0.4 is 5.32 Å². The highest BCUT2D eigenvalue weighted by Gasteiger charge is 2.36. The second-order valence-corrected chi connectivity index (χ2v) is 5.78. The minimum atomic E-state index is 0.303. The Morgan fingerprint density at radius 2 is 2.00 bits per heavy atom. The summed E-state index contributed by atoms with van der Waals surface area (Å²) in [4.78, 5) is 2.38. The molecule has 17 heavy (non-hydrogen) atoms. The van der Waals surface area contributed by atoms with Crippen LogP contribution in [0, 0.1) is 5.92 Å². The molecule has 1 saturated carbocycles. The molecule has 0 radical (unpaired) electrons. The van der Waals surface area contributed by atoms with E-state index in [9.17, 15) is 0 Å². The molecule has 2 aliphatic rings. The number of allylic oxidation sites excluding steroid dienone is 1. The fourth-order valence-corrected chi connectivity index (χ4v) is 2.89. The Bertz CT molecular complexity index is 253. The number of nitrogens with zero attached hydrogens (tertiary/aromatic N) is 1. The quantitative estimate of drug-likeness (QED) is 0.737. The van der Waals surface area contributed by atoms with Crippen LogP contribution in [-0.2, 0) is 4.74 Å². The van der Waals surface area contributed by atoms with E-state index >= 15 is 0 Å². The molecule has 3 heteroatoms. The van der Waals surface area contributed by atoms with Crippen molar-refractivity contribution in [1.82, 2.24) is 10.2 Å². The third-order valence-corrected chi connectivity index (χ3v) is 4.60. The number of ether oxygens (including phenoxy) is 1. The molecule has 1 heterocycles. The SMILES string of the molecule is C=CC1CC(NCC2(N(C)C)CCOCC2)C1. The molecular formula is C14H26N2O. The smallest absolute Gasteiger partial charge is 0.0484 e. The fraction of sp³-hybridized carbons (Fsp3) is 0.857. The molecule has 0 aromatic carbocycles. The minimum Gasteiger partial charge on any atom is -0.381 e.